The van der Waals surface area contributed by atoms with E-state index in [1.54, 1.807) is 11.8 Å². The number of hydrogen-bond acceptors (Lipinski definition) is 13. The van der Waals surface area contributed by atoms with E-state index in [4.69, 9.17) is 4.74 Å². The highest BCUT2D eigenvalue weighted by atomic mass is 32.2. The molecule has 6 fully saturated rings. The van der Waals surface area contributed by atoms with Gasteiger partial charge in [0.05, 0.1) is 24.0 Å². The molecule has 2 saturated carbocycles. The van der Waals surface area contributed by atoms with E-state index < -0.39 is 45.8 Å². The molecular weight excluding hydrogens is 817 g/mol. The Hall–Kier alpha value is -3.17. The van der Waals surface area contributed by atoms with E-state index in [0.29, 0.717) is 57.3 Å². The minimum Gasteiger partial charge on any atom is -0.381 e. The van der Waals surface area contributed by atoms with Gasteiger partial charge in [0.25, 0.3) is 0 Å². The lowest BCUT2D eigenvalue weighted by atomic mass is 9.78. The Morgan fingerprint density at radius 3 is 2.43 bits per heavy atom. The molecule has 336 valence electrons. The number of piperidine rings is 1. The first-order valence-electron chi connectivity index (χ1n) is 22.0. The quantitative estimate of drug-likeness (QED) is 0.0702. The smallest absolute Gasteiger partial charge is 0.249 e. The molecule has 2 aliphatic carbocycles. The number of ether oxygens (including phenoxy) is 1. The molecule has 4 saturated heterocycles. The van der Waals surface area contributed by atoms with Gasteiger partial charge >= 0.3 is 0 Å². The van der Waals surface area contributed by atoms with Crippen LogP contribution in [0.2, 0.25) is 0 Å². The van der Waals surface area contributed by atoms with E-state index in [1.165, 1.54) is 36.4 Å². The monoisotopic (exact) mass is 880 g/mol. The molecule has 60 heavy (non-hydrogen) atoms. The Balaban J connectivity index is 0.838. The van der Waals surface area contributed by atoms with Crippen LogP contribution in [0.4, 0.5) is 0 Å². The molecule has 7 amide bonds. The molecule has 0 bridgehead atoms. The number of nitrogens with zero attached hydrogens (tertiary/aromatic N) is 2. The third-order valence-corrected chi connectivity index (χ3v) is 15.4. The summed E-state index contributed by atoms with van der Waals surface area (Å²) in [5.41, 5.74) is -0.259. The van der Waals surface area contributed by atoms with Crippen molar-refractivity contribution in [3.05, 3.63) is 0 Å². The van der Waals surface area contributed by atoms with Crippen molar-refractivity contribution in [2.45, 2.75) is 132 Å². The van der Waals surface area contributed by atoms with Crippen LogP contribution in [0.3, 0.4) is 0 Å². The summed E-state index contributed by atoms with van der Waals surface area (Å²) in [6.07, 6.45) is 12.3. The SMILES string of the molecule is CS(=O)(=O)N1CCC(C(=O)N[C@@H](CCOCCCC(=O)NCCCCNC2CCC3C(=O)N(C4CCC(=O)NC4=O)C(=O)C3C2)C(=O)NC2NC(C3CCCCC3)CS2)C1. The van der Waals surface area contributed by atoms with Crippen LogP contribution in [0.25, 0.3) is 0 Å². The van der Waals surface area contributed by atoms with Gasteiger partial charge in [-0.25, -0.2) is 12.7 Å². The van der Waals surface area contributed by atoms with Crippen molar-refractivity contribution < 1.29 is 46.7 Å². The van der Waals surface area contributed by atoms with Crippen molar-refractivity contribution in [1.82, 2.24) is 41.1 Å². The minimum atomic E-state index is -3.42. The molecule has 4 aliphatic heterocycles. The van der Waals surface area contributed by atoms with Gasteiger partial charge in [-0.1, -0.05) is 19.3 Å². The van der Waals surface area contributed by atoms with Crippen LogP contribution in [0.15, 0.2) is 0 Å². The lowest BCUT2D eigenvalue weighted by Crippen LogP contribution is -2.54. The summed E-state index contributed by atoms with van der Waals surface area (Å²) in [6.45, 7) is 2.05. The summed E-state index contributed by atoms with van der Waals surface area (Å²) in [4.78, 5) is 90.5. The highest BCUT2D eigenvalue weighted by Gasteiger charge is 2.54. The van der Waals surface area contributed by atoms with Gasteiger partial charge in [0.1, 0.15) is 17.6 Å². The summed E-state index contributed by atoms with van der Waals surface area (Å²) >= 11 is 1.66. The van der Waals surface area contributed by atoms with Crippen molar-refractivity contribution in [2.75, 3.05) is 51.4 Å². The van der Waals surface area contributed by atoms with Crippen LogP contribution in [0, 0.1) is 23.7 Å². The molecule has 0 radical (unpaired) electrons. The molecular formula is C40H64N8O10S2. The number of hydrogen-bond donors (Lipinski definition) is 6. The first-order valence-corrected chi connectivity index (χ1v) is 24.9. The van der Waals surface area contributed by atoms with Crippen LogP contribution >= 0.6 is 11.8 Å². The van der Waals surface area contributed by atoms with Gasteiger partial charge in [0.15, 0.2) is 0 Å². The second kappa shape index (κ2) is 21.8. The van der Waals surface area contributed by atoms with E-state index in [-0.39, 0.29) is 92.4 Å². The summed E-state index contributed by atoms with van der Waals surface area (Å²) in [6, 6.07) is -1.37. The number of thioether (sulfide) groups is 1. The Morgan fingerprint density at radius 2 is 1.68 bits per heavy atom. The first kappa shape index (κ1) is 46.3. The number of rotatable bonds is 20. The third-order valence-electron chi connectivity index (χ3n) is 13.0. The van der Waals surface area contributed by atoms with Crippen LogP contribution in [0.1, 0.15) is 103 Å². The molecule has 0 aromatic rings. The number of amides is 7. The average Bonchev–Trinajstić information content (AvgIpc) is 3.97. The maximum Gasteiger partial charge on any atom is 0.249 e. The minimum absolute atomic E-state index is 0.0717. The topological polar surface area (TPSA) is 242 Å². The van der Waals surface area contributed by atoms with Crippen LogP contribution in [0.5, 0.6) is 0 Å². The zero-order chi connectivity index (χ0) is 42.8. The van der Waals surface area contributed by atoms with E-state index >= 15 is 0 Å². The second-order valence-corrected chi connectivity index (χ2v) is 20.4. The molecule has 18 nitrogen and oxygen atoms in total. The summed E-state index contributed by atoms with van der Waals surface area (Å²) < 4.78 is 31.1. The number of sulfonamides is 1. The lowest BCUT2D eigenvalue weighted by Gasteiger charge is -2.29. The number of unbranched alkanes of at least 4 members (excludes halogenated alkanes) is 1. The van der Waals surface area contributed by atoms with Gasteiger partial charge in [-0.2, -0.15) is 0 Å². The number of likely N-dealkylation sites (tertiary alicyclic amines) is 1. The molecule has 4 heterocycles. The van der Waals surface area contributed by atoms with Gasteiger partial charge < -0.3 is 26.0 Å². The van der Waals surface area contributed by atoms with Crippen molar-refractivity contribution in [3.63, 3.8) is 0 Å². The fourth-order valence-electron chi connectivity index (χ4n) is 9.55. The van der Waals surface area contributed by atoms with E-state index in [1.807, 2.05) is 0 Å². The standard InChI is InChI=1S/C40H64N8O10S2/c1-60(56,57)47-19-15-26(23-47)35(51)43-30(36(52)46-40-44-31(24-59-40)25-8-3-2-4-9-25)16-21-58-20-7-10-33(49)42-18-6-5-17-41-27-11-12-28-29(22-27)39(55)48(38(28)54)32-13-14-34(50)45-37(32)53/h25-32,40-41,44H,2-24H2,1H3,(H,42,49)(H,43,51)(H,46,52)(H,45,50,53)/t26?,27?,28?,29?,30-,31?,32?,40?/m0/s1. The van der Waals surface area contributed by atoms with E-state index in [0.717, 1.165) is 36.2 Å². The average molecular weight is 881 g/mol. The van der Waals surface area contributed by atoms with Gasteiger partial charge in [-0.15, -0.1) is 11.8 Å². The zero-order valence-corrected chi connectivity index (χ0v) is 36.4. The maximum atomic E-state index is 13.5. The van der Waals surface area contributed by atoms with Crippen molar-refractivity contribution in [2.24, 2.45) is 23.7 Å². The maximum absolute atomic E-state index is 13.5. The van der Waals surface area contributed by atoms with Crippen molar-refractivity contribution in [1.29, 1.82) is 0 Å². The molecule has 6 aliphatic rings. The fraction of sp³-hybridized carbons (Fsp3) is 0.825. The highest BCUT2D eigenvalue weighted by molar-refractivity contribution is 8.00. The third kappa shape index (κ3) is 12.5. The molecule has 0 spiro atoms. The molecule has 6 N–H and O–H groups in total. The first-order chi connectivity index (χ1) is 28.8. The normalized spacial score (nSPS) is 29.6. The molecule has 20 heteroatoms. The zero-order valence-electron chi connectivity index (χ0n) is 34.8. The van der Waals surface area contributed by atoms with Crippen LogP contribution < -0.4 is 31.9 Å². The highest BCUT2D eigenvalue weighted by Crippen LogP contribution is 2.40. The number of fused-ring (bicyclic) bond motifs is 1. The number of imide groups is 2. The predicted molar refractivity (Wildman–Crippen MR) is 222 cm³/mol. The molecule has 0 aromatic carbocycles. The Bertz CT molecular complexity index is 1700. The van der Waals surface area contributed by atoms with Gasteiger partial charge in [-0.3, -0.25) is 49.1 Å². The van der Waals surface area contributed by atoms with Crippen LogP contribution in [-0.4, -0.2) is 140 Å². The predicted octanol–water partition coefficient (Wildman–Crippen LogP) is 0.0696. The van der Waals surface area contributed by atoms with Crippen molar-refractivity contribution in [3.8, 4) is 0 Å². The Kier molecular flexibility index (Phi) is 16.8. The molecule has 8 atom stereocenters. The Morgan fingerprint density at radius 1 is 0.917 bits per heavy atom. The summed E-state index contributed by atoms with van der Waals surface area (Å²) in [5.74, 6) is -2.28. The second-order valence-electron chi connectivity index (χ2n) is 17.3. The number of carbonyl (C=O) groups is 7. The lowest BCUT2D eigenvalue weighted by molar-refractivity contribution is -0.151. The summed E-state index contributed by atoms with van der Waals surface area (Å²) in [7, 11) is -3.42. The van der Waals surface area contributed by atoms with Crippen molar-refractivity contribution >= 4 is 63.1 Å². The van der Waals surface area contributed by atoms with Crippen LogP contribution in [-0.2, 0) is 48.3 Å². The van der Waals surface area contributed by atoms with Gasteiger partial charge in [0, 0.05) is 63.5 Å². The van der Waals surface area contributed by atoms with Gasteiger partial charge in [-0.05, 0) is 83.1 Å². The fourth-order valence-corrected chi connectivity index (χ4v) is 11.7. The van der Waals surface area contributed by atoms with Gasteiger partial charge in [0.2, 0.25) is 51.4 Å². The van der Waals surface area contributed by atoms with E-state index in [9.17, 15) is 42.0 Å². The molecule has 6 rings (SSSR count). The molecule has 7 unspecified atom stereocenters. The Labute approximate surface area is 357 Å². The largest absolute Gasteiger partial charge is 0.381 e. The van der Waals surface area contributed by atoms with E-state index in [2.05, 4.69) is 31.9 Å². The molecule has 0 aromatic heterocycles. The number of nitrogens with one attached hydrogen (secondary N) is 6. The summed E-state index contributed by atoms with van der Waals surface area (Å²) in [5, 5.41) is 18.1. The number of carbonyl (C=O) groups excluding carboxylic acids is 7.